The highest BCUT2D eigenvalue weighted by molar-refractivity contribution is 7.99. The molecule has 28 heavy (non-hydrogen) atoms. The fourth-order valence-electron chi connectivity index (χ4n) is 3.39. The van der Waals surface area contributed by atoms with Gasteiger partial charge in [0, 0.05) is 18.3 Å². The number of amides is 1. The van der Waals surface area contributed by atoms with Gasteiger partial charge in [-0.15, -0.1) is 10.2 Å². The molecule has 0 radical (unpaired) electrons. The van der Waals surface area contributed by atoms with Crippen LogP contribution in [0.2, 0.25) is 0 Å². The van der Waals surface area contributed by atoms with Crippen LogP contribution < -0.4 is 0 Å². The number of carbonyl (C=O) groups is 1. The van der Waals surface area contributed by atoms with Gasteiger partial charge in [0.25, 0.3) is 0 Å². The third-order valence-corrected chi connectivity index (χ3v) is 7.33. The maximum absolute atomic E-state index is 13.0. The zero-order valence-electron chi connectivity index (χ0n) is 16.4. The van der Waals surface area contributed by atoms with E-state index in [1.165, 1.54) is 11.8 Å². The smallest absolute Gasteiger partial charge is 0.233 e. The van der Waals surface area contributed by atoms with Crippen LogP contribution in [0.4, 0.5) is 0 Å². The normalized spacial score (nSPS) is 18.5. The Morgan fingerprint density at radius 1 is 1.29 bits per heavy atom. The second kappa shape index (κ2) is 8.65. The lowest BCUT2D eigenvalue weighted by molar-refractivity contribution is -0.130. The van der Waals surface area contributed by atoms with Gasteiger partial charge >= 0.3 is 0 Å². The van der Waals surface area contributed by atoms with Crippen LogP contribution in [0.25, 0.3) is 5.69 Å². The Labute approximate surface area is 170 Å². The Bertz CT molecular complexity index is 926. The quantitative estimate of drug-likeness (QED) is 0.637. The van der Waals surface area contributed by atoms with E-state index in [0.29, 0.717) is 18.1 Å². The van der Waals surface area contributed by atoms with Crippen LogP contribution in [0.3, 0.4) is 0 Å². The number of rotatable bonds is 7. The van der Waals surface area contributed by atoms with E-state index in [4.69, 9.17) is 0 Å². The number of aromatic nitrogens is 3. The van der Waals surface area contributed by atoms with Crippen LogP contribution in [0.5, 0.6) is 0 Å². The summed E-state index contributed by atoms with van der Waals surface area (Å²) < 4.78 is 25.7. The number of benzene rings is 1. The second-order valence-corrected chi connectivity index (χ2v) is 10.7. The van der Waals surface area contributed by atoms with Crippen molar-refractivity contribution >= 4 is 27.5 Å². The highest BCUT2D eigenvalue weighted by atomic mass is 32.2. The lowest BCUT2D eigenvalue weighted by Gasteiger charge is -2.29. The highest BCUT2D eigenvalue weighted by Crippen LogP contribution is 2.24. The molecule has 1 fully saturated rings. The third kappa shape index (κ3) is 4.94. The summed E-state index contributed by atoms with van der Waals surface area (Å²) in [5.74, 6) is 1.40. The molecule has 1 amide bonds. The van der Waals surface area contributed by atoms with Crippen molar-refractivity contribution in [2.24, 2.45) is 5.92 Å². The van der Waals surface area contributed by atoms with E-state index in [0.717, 1.165) is 11.5 Å². The summed E-state index contributed by atoms with van der Waals surface area (Å²) in [5.41, 5.74) is 0.945. The summed E-state index contributed by atoms with van der Waals surface area (Å²) >= 11 is 1.33. The first-order chi connectivity index (χ1) is 13.3. The molecule has 1 unspecified atom stereocenters. The predicted molar refractivity (Wildman–Crippen MR) is 110 cm³/mol. The number of hydrogen-bond acceptors (Lipinski definition) is 6. The molecule has 152 valence electrons. The number of para-hydroxylation sites is 1. The van der Waals surface area contributed by atoms with Crippen molar-refractivity contribution in [1.82, 2.24) is 19.7 Å². The molecule has 1 aliphatic heterocycles. The standard InChI is InChI=1S/C19H26N4O3S2/c1-14(2)11-22(17-9-10-28(25,26)13-17)18(24)12-27-19-21-20-15(3)23(19)16-7-5-4-6-8-16/h4-8,14,17H,9-13H2,1-3H3. The molecular weight excluding hydrogens is 396 g/mol. The van der Waals surface area contributed by atoms with Crippen molar-refractivity contribution in [3.63, 3.8) is 0 Å². The topological polar surface area (TPSA) is 85.2 Å². The van der Waals surface area contributed by atoms with E-state index in [-0.39, 0.29) is 35.1 Å². The van der Waals surface area contributed by atoms with Gasteiger partial charge in [0.05, 0.1) is 17.3 Å². The van der Waals surface area contributed by atoms with Crippen molar-refractivity contribution in [1.29, 1.82) is 0 Å². The van der Waals surface area contributed by atoms with Crippen molar-refractivity contribution in [2.75, 3.05) is 23.8 Å². The van der Waals surface area contributed by atoms with Gasteiger partial charge in [0.1, 0.15) is 5.82 Å². The molecule has 1 aliphatic rings. The zero-order valence-corrected chi connectivity index (χ0v) is 18.0. The molecule has 0 bridgehead atoms. The fourth-order valence-corrected chi connectivity index (χ4v) is 6.00. The minimum Gasteiger partial charge on any atom is -0.338 e. The van der Waals surface area contributed by atoms with Crippen molar-refractivity contribution in [3.05, 3.63) is 36.2 Å². The maximum atomic E-state index is 13.0. The van der Waals surface area contributed by atoms with Gasteiger partial charge in [-0.05, 0) is 31.4 Å². The van der Waals surface area contributed by atoms with Gasteiger partial charge in [-0.1, -0.05) is 43.8 Å². The molecule has 0 N–H and O–H groups in total. The Morgan fingerprint density at radius 3 is 2.61 bits per heavy atom. The second-order valence-electron chi connectivity index (χ2n) is 7.49. The Kier molecular flexibility index (Phi) is 6.44. The summed E-state index contributed by atoms with van der Waals surface area (Å²) in [6.45, 7) is 6.50. The van der Waals surface area contributed by atoms with Gasteiger partial charge in [0.15, 0.2) is 15.0 Å². The molecule has 1 saturated heterocycles. The van der Waals surface area contributed by atoms with Gasteiger partial charge in [-0.3, -0.25) is 9.36 Å². The average molecular weight is 423 g/mol. The SMILES string of the molecule is Cc1nnc(SCC(=O)N(CC(C)C)C2CCS(=O)(=O)C2)n1-c1ccccc1. The molecule has 9 heteroatoms. The Hall–Kier alpha value is -1.87. The van der Waals surface area contributed by atoms with E-state index in [1.807, 2.05) is 55.7 Å². The Morgan fingerprint density at radius 2 is 2.00 bits per heavy atom. The first-order valence-corrected chi connectivity index (χ1v) is 12.2. The van der Waals surface area contributed by atoms with Gasteiger partial charge < -0.3 is 4.90 Å². The van der Waals surface area contributed by atoms with Crippen LogP contribution in [-0.4, -0.2) is 63.8 Å². The van der Waals surface area contributed by atoms with Gasteiger partial charge in [-0.25, -0.2) is 8.42 Å². The summed E-state index contributed by atoms with van der Waals surface area (Å²) in [6.07, 6.45) is 0.519. The Balaban J connectivity index is 1.73. The molecule has 1 aromatic carbocycles. The number of aryl methyl sites for hydroxylation is 1. The zero-order chi connectivity index (χ0) is 20.3. The molecule has 2 aromatic rings. The van der Waals surface area contributed by atoms with Crippen molar-refractivity contribution in [2.45, 2.75) is 38.4 Å². The van der Waals surface area contributed by atoms with E-state index in [9.17, 15) is 13.2 Å². The van der Waals surface area contributed by atoms with Crippen LogP contribution in [0, 0.1) is 12.8 Å². The molecule has 0 saturated carbocycles. The first-order valence-electron chi connectivity index (χ1n) is 9.37. The van der Waals surface area contributed by atoms with Crippen molar-refractivity contribution in [3.8, 4) is 5.69 Å². The van der Waals surface area contributed by atoms with Crippen LogP contribution >= 0.6 is 11.8 Å². The molecule has 3 rings (SSSR count). The summed E-state index contributed by atoms with van der Waals surface area (Å²) in [7, 11) is -3.04. The molecule has 1 atom stereocenters. The minimum absolute atomic E-state index is 0.0546. The number of carbonyl (C=O) groups excluding carboxylic acids is 1. The molecule has 2 heterocycles. The van der Waals surface area contributed by atoms with Gasteiger partial charge in [0.2, 0.25) is 5.91 Å². The maximum Gasteiger partial charge on any atom is 0.233 e. The van der Waals surface area contributed by atoms with Crippen LogP contribution in [0.1, 0.15) is 26.1 Å². The number of nitrogens with zero attached hydrogens (tertiary/aromatic N) is 4. The molecule has 7 nitrogen and oxygen atoms in total. The van der Waals surface area contributed by atoms with E-state index in [1.54, 1.807) is 4.90 Å². The monoisotopic (exact) mass is 422 g/mol. The number of hydrogen-bond donors (Lipinski definition) is 0. The van der Waals surface area contributed by atoms with E-state index < -0.39 is 9.84 Å². The van der Waals surface area contributed by atoms with Gasteiger partial charge in [-0.2, -0.15) is 0 Å². The molecule has 0 spiro atoms. The summed E-state index contributed by atoms with van der Waals surface area (Å²) in [4.78, 5) is 14.7. The summed E-state index contributed by atoms with van der Waals surface area (Å²) in [6, 6.07) is 9.54. The number of sulfone groups is 1. The summed E-state index contributed by atoms with van der Waals surface area (Å²) in [5, 5.41) is 9.02. The lowest BCUT2D eigenvalue weighted by Crippen LogP contribution is -2.44. The first kappa shape index (κ1) is 20.9. The average Bonchev–Trinajstić information content (AvgIpc) is 3.20. The largest absolute Gasteiger partial charge is 0.338 e. The minimum atomic E-state index is -3.04. The van der Waals surface area contributed by atoms with Crippen LogP contribution in [0.15, 0.2) is 35.5 Å². The number of thioether (sulfide) groups is 1. The molecule has 1 aromatic heterocycles. The molecule has 0 aliphatic carbocycles. The van der Waals surface area contributed by atoms with Crippen molar-refractivity contribution < 1.29 is 13.2 Å². The van der Waals surface area contributed by atoms with E-state index in [2.05, 4.69) is 10.2 Å². The lowest BCUT2D eigenvalue weighted by atomic mass is 10.1. The third-order valence-electron chi connectivity index (χ3n) is 4.67. The fraction of sp³-hybridized carbons (Fsp3) is 0.526. The van der Waals surface area contributed by atoms with Crippen LogP contribution in [-0.2, 0) is 14.6 Å². The highest BCUT2D eigenvalue weighted by Gasteiger charge is 2.34. The predicted octanol–water partition coefficient (Wildman–Crippen LogP) is 2.34. The van der Waals surface area contributed by atoms with E-state index >= 15 is 0 Å². The molecular formula is C19H26N4O3S2.